The molecule has 0 aliphatic heterocycles. The molecule has 0 unspecified atom stereocenters. The van der Waals surface area contributed by atoms with E-state index in [-0.39, 0.29) is 0 Å². The van der Waals surface area contributed by atoms with Crippen LogP contribution in [0.4, 0.5) is 4.79 Å². The van der Waals surface area contributed by atoms with Crippen LogP contribution in [0.3, 0.4) is 0 Å². The van der Waals surface area contributed by atoms with Gasteiger partial charge in [0.25, 0.3) is 0 Å². The number of hydrogen-bond donors (Lipinski definition) is 2. The summed E-state index contributed by atoms with van der Waals surface area (Å²) in [5.41, 5.74) is 9.27. The van der Waals surface area contributed by atoms with Crippen molar-refractivity contribution >= 4 is 11.9 Å². The molecule has 0 aromatic rings. The van der Waals surface area contributed by atoms with Gasteiger partial charge in [-0.05, 0) is 26.2 Å². The maximum absolute atomic E-state index is 10.3. The molecule has 2 amide bonds. The van der Waals surface area contributed by atoms with Gasteiger partial charge in [-0.25, -0.2) is 10.2 Å². The second kappa shape index (κ2) is 4.48. The lowest BCUT2D eigenvalue weighted by molar-refractivity contribution is 0.249. The number of nitrogens with two attached hydrogens (primary N) is 1. The van der Waals surface area contributed by atoms with Crippen molar-refractivity contribution in [1.82, 2.24) is 5.43 Å². The van der Waals surface area contributed by atoms with Gasteiger partial charge in [0.05, 0.1) is 0 Å². The normalized spacial score (nSPS) is 15.8. The molecule has 0 bridgehead atoms. The van der Waals surface area contributed by atoms with Crippen LogP contribution in [0, 0.1) is 0 Å². The van der Waals surface area contributed by atoms with Gasteiger partial charge in [0.15, 0.2) is 0 Å². The molecule has 0 fully saturated rings. The zero-order valence-corrected chi connectivity index (χ0v) is 7.63. The molecule has 1 rings (SSSR count). The zero-order valence-electron chi connectivity index (χ0n) is 7.63. The molecule has 0 aromatic heterocycles. The van der Waals surface area contributed by atoms with Crippen molar-refractivity contribution in [2.45, 2.75) is 26.2 Å². The number of rotatable bonds is 1. The van der Waals surface area contributed by atoms with Crippen molar-refractivity contribution in [1.29, 1.82) is 0 Å². The fourth-order valence-electron chi connectivity index (χ4n) is 1.24. The maximum atomic E-state index is 10.3. The fraction of sp³-hybridized carbons (Fsp3) is 0.444. The lowest BCUT2D eigenvalue weighted by atomic mass is 9.97. The largest absolute Gasteiger partial charge is 0.350 e. The first kappa shape index (κ1) is 9.55. The fourth-order valence-corrected chi connectivity index (χ4v) is 1.24. The number of carbonyl (C=O) groups excluding carboxylic acids is 1. The Morgan fingerprint density at radius 3 is 3.08 bits per heavy atom. The molecule has 0 saturated carbocycles. The molecule has 1 aliphatic carbocycles. The summed E-state index contributed by atoms with van der Waals surface area (Å²) in [5.74, 6) is 2.74. The van der Waals surface area contributed by atoms with E-state index in [2.05, 4.69) is 23.3 Å². The predicted molar refractivity (Wildman–Crippen MR) is 51.3 cm³/mol. The highest BCUT2D eigenvalue weighted by Crippen LogP contribution is 2.19. The van der Waals surface area contributed by atoms with Crippen molar-refractivity contribution in [3.8, 4) is 0 Å². The Hall–Kier alpha value is -1.54. The van der Waals surface area contributed by atoms with Gasteiger partial charge in [0.2, 0.25) is 0 Å². The molecule has 0 atom stereocenters. The zero-order chi connectivity index (χ0) is 9.68. The van der Waals surface area contributed by atoms with Gasteiger partial charge in [-0.3, -0.25) is 0 Å². The molecule has 4 nitrogen and oxygen atoms in total. The Kier molecular flexibility index (Phi) is 3.29. The Morgan fingerprint density at radius 1 is 1.69 bits per heavy atom. The minimum atomic E-state index is -0.662. The van der Waals surface area contributed by atoms with E-state index in [9.17, 15) is 4.79 Å². The molecule has 0 radical (unpaired) electrons. The third kappa shape index (κ3) is 3.58. The summed E-state index contributed by atoms with van der Waals surface area (Å²) in [5, 5.41) is 3.57. The second-order valence-electron chi connectivity index (χ2n) is 3.07. The summed E-state index contributed by atoms with van der Waals surface area (Å²) in [7, 11) is 0. The monoisotopic (exact) mass is 179 g/mol. The number of urea groups is 1. The first-order valence-electron chi connectivity index (χ1n) is 4.22. The van der Waals surface area contributed by atoms with E-state index in [0.29, 0.717) is 0 Å². The number of hydrogen-bond acceptors (Lipinski definition) is 2. The second-order valence-corrected chi connectivity index (χ2v) is 3.07. The lowest BCUT2D eigenvalue weighted by Gasteiger charge is -2.08. The van der Waals surface area contributed by atoms with Crippen LogP contribution in [0.5, 0.6) is 0 Å². The minimum absolute atomic E-state index is 0.662. The van der Waals surface area contributed by atoms with Crippen LogP contribution in [-0.4, -0.2) is 11.9 Å². The Balaban J connectivity index is 2.65. The quantitative estimate of drug-likeness (QED) is 0.462. The SMILES string of the molecule is CC1=CC(=C=NNC(N)=O)CCC1. The van der Waals surface area contributed by atoms with Gasteiger partial charge < -0.3 is 5.73 Å². The molecule has 0 spiro atoms. The van der Waals surface area contributed by atoms with Gasteiger partial charge in [0.1, 0.15) is 0 Å². The van der Waals surface area contributed by atoms with E-state index in [1.54, 1.807) is 0 Å². The van der Waals surface area contributed by atoms with Crippen molar-refractivity contribution in [3.63, 3.8) is 0 Å². The van der Waals surface area contributed by atoms with E-state index in [1.165, 1.54) is 5.57 Å². The van der Waals surface area contributed by atoms with E-state index in [4.69, 9.17) is 5.73 Å². The number of hydrazone groups is 1. The molecule has 13 heavy (non-hydrogen) atoms. The molecule has 1 aliphatic rings. The van der Waals surface area contributed by atoms with Crippen LogP contribution in [0.25, 0.3) is 0 Å². The van der Waals surface area contributed by atoms with Crippen molar-refractivity contribution in [2.75, 3.05) is 0 Å². The molecular formula is C9H13N3O. The summed E-state index contributed by atoms with van der Waals surface area (Å²) in [6, 6.07) is -0.662. The first-order valence-corrected chi connectivity index (χ1v) is 4.22. The van der Waals surface area contributed by atoms with Crippen molar-refractivity contribution < 1.29 is 4.79 Å². The van der Waals surface area contributed by atoms with Crippen LogP contribution in [0.15, 0.2) is 22.3 Å². The average molecular weight is 179 g/mol. The van der Waals surface area contributed by atoms with E-state index in [1.807, 2.05) is 6.08 Å². The van der Waals surface area contributed by atoms with E-state index >= 15 is 0 Å². The number of nitrogens with one attached hydrogen (secondary N) is 1. The molecule has 70 valence electrons. The summed E-state index contributed by atoms with van der Waals surface area (Å²) >= 11 is 0. The maximum Gasteiger partial charge on any atom is 0.333 e. The summed E-state index contributed by atoms with van der Waals surface area (Å²) in [4.78, 5) is 10.3. The highest BCUT2D eigenvalue weighted by atomic mass is 16.2. The predicted octanol–water partition coefficient (Wildman–Crippen LogP) is 1.30. The number of nitrogens with zero attached hydrogens (tertiary/aromatic N) is 1. The van der Waals surface area contributed by atoms with Crippen LogP contribution in [0.1, 0.15) is 26.2 Å². The van der Waals surface area contributed by atoms with Gasteiger partial charge in [-0.2, -0.15) is 0 Å². The van der Waals surface area contributed by atoms with Crippen LogP contribution >= 0.6 is 0 Å². The molecule has 3 N–H and O–H groups in total. The third-order valence-corrected chi connectivity index (χ3v) is 1.80. The van der Waals surface area contributed by atoms with Crippen LogP contribution in [-0.2, 0) is 0 Å². The van der Waals surface area contributed by atoms with Gasteiger partial charge in [-0.15, -0.1) is 5.10 Å². The van der Waals surface area contributed by atoms with Crippen molar-refractivity contribution in [2.24, 2.45) is 10.8 Å². The Labute approximate surface area is 77.2 Å². The van der Waals surface area contributed by atoms with E-state index < -0.39 is 6.03 Å². The van der Waals surface area contributed by atoms with Gasteiger partial charge >= 0.3 is 6.03 Å². The molecule has 4 heteroatoms. The smallest absolute Gasteiger partial charge is 0.333 e. The lowest BCUT2D eigenvalue weighted by Crippen LogP contribution is -2.23. The number of amides is 2. The summed E-state index contributed by atoms with van der Waals surface area (Å²) < 4.78 is 0. The topological polar surface area (TPSA) is 67.5 Å². The van der Waals surface area contributed by atoms with Crippen LogP contribution < -0.4 is 11.2 Å². The molecule has 0 aromatic carbocycles. The van der Waals surface area contributed by atoms with Crippen molar-refractivity contribution in [3.05, 3.63) is 17.2 Å². The highest BCUT2D eigenvalue weighted by molar-refractivity contribution is 5.73. The number of allylic oxidation sites excluding steroid dienone is 3. The minimum Gasteiger partial charge on any atom is -0.350 e. The molecular weight excluding hydrogens is 166 g/mol. The Morgan fingerprint density at radius 2 is 2.46 bits per heavy atom. The summed E-state index contributed by atoms with van der Waals surface area (Å²) in [6.07, 6.45) is 5.25. The number of primary amides is 1. The standard InChI is InChI=1S/C9H13N3O/c1-7-3-2-4-8(5-7)6-11-12-9(10)13/h5H,2-4H2,1H3,(H3,10,12,13). The highest BCUT2D eigenvalue weighted by Gasteiger charge is 2.02. The third-order valence-electron chi connectivity index (χ3n) is 1.80. The molecule has 0 heterocycles. The van der Waals surface area contributed by atoms with Gasteiger partial charge in [-0.1, -0.05) is 11.6 Å². The van der Waals surface area contributed by atoms with Crippen LogP contribution in [0.2, 0.25) is 0 Å². The average Bonchev–Trinajstić information content (AvgIpc) is 2.03. The van der Waals surface area contributed by atoms with Gasteiger partial charge in [0, 0.05) is 11.4 Å². The summed E-state index contributed by atoms with van der Waals surface area (Å²) in [6.45, 7) is 2.07. The Bertz CT molecular complexity index is 298. The number of carbonyl (C=O) groups is 1. The van der Waals surface area contributed by atoms with E-state index in [0.717, 1.165) is 24.8 Å². The molecule has 0 saturated heterocycles. The first-order chi connectivity index (χ1) is 6.18.